The van der Waals surface area contributed by atoms with Crippen molar-refractivity contribution in [3.8, 4) is 0 Å². The van der Waals surface area contributed by atoms with E-state index in [1.54, 1.807) is 0 Å². The molecular weight excluding hydrogens is 324 g/mol. The smallest absolute Gasteiger partial charge is 0.0698 e. The Morgan fingerprint density at radius 3 is 2.19 bits per heavy atom. The molecule has 1 heterocycles. The monoisotopic (exact) mass is 354 g/mol. The molecule has 0 spiro atoms. The third-order valence-electron chi connectivity index (χ3n) is 5.07. The van der Waals surface area contributed by atoms with E-state index in [1.165, 1.54) is 16.7 Å². The van der Waals surface area contributed by atoms with Crippen molar-refractivity contribution in [2.75, 3.05) is 52.5 Å². The summed E-state index contributed by atoms with van der Waals surface area (Å²) in [5, 5.41) is 8.79. The molecule has 4 heteroatoms. The van der Waals surface area contributed by atoms with Gasteiger partial charge in [-0.05, 0) is 18.1 Å². The Bertz CT molecular complexity index is 637. The molecule has 3 rings (SSSR count). The van der Waals surface area contributed by atoms with Gasteiger partial charge in [-0.15, -0.1) is 0 Å². The fraction of sp³-hybridized carbons (Fsp3) is 0.455. The van der Waals surface area contributed by atoms with Gasteiger partial charge in [0.15, 0.2) is 0 Å². The van der Waals surface area contributed by atoms with Crippen LogP contribution in [0.2, 0.25) is 0 Å². The highest BCUT2D eigenvalue weighted by molar-refractivity contribution is 5.33. The first-order valence-corrected chi connectivity index (χ1v) is 9.54. The van der Waals surface area contributed by atoms with Gasteiger partial charge in [0.1, 0.15) is 0 Å². The summed E-state index contributed by atoms with van der Waals surface area (Å²) in [6, 6.07) is 20.1. The van der Waals surface area contributed by atoms with Gasteiger partial charge in [0.05, 0.1) is 25.9 Å². The van der Waals surface area contributed by atoms with E-state index in [2.05, 4.69) is 71.3 Å². The third kappa shape index (κ3) is 5.15. The molecule has 1 saturated heterocycles. The predicted octanol–water partition coefficient (Wildman–Crippen LogP) is 2.71. The minimum atomic E-state index is 0.100. The minimum absolute atomic E-state index is 0.100. The number of aliphatic hydroxyl groups excluding tert-OH is 1. The van der Waals surface area contributed by atoms with Crippen molar-refractivity contribution in [2.45, 2.75) is 13.0 Å². The second-order valence-electron chi connectivity index (χ2n) is 6.94. The molecule has 140 valence electrons. The molecule has 4 nitrogen and oxygen atoms in total. The molecule has 2 aromatic carbocycles. The van der Waals surface area contributed by atoms with Crippen LogP contribution in [0.3, 0.4) is 0 Å². The van der Waals surface area contributed by atoms with Crippen LogP contribution in [0.5, 0.6) is 0 Å². The van der Waals surface area contributed by atoms with Gasteiger partial charge in [-0.25, -0.2) is 0 Å². The fourth-order valence-electron chi connectivity index (χ4n) is 3.60. The summed E-state index contributed by atoms with van der Waals surface area (Å²) in [5.74, 6) is 0. The molecule has 0 radical (unpaired) electrons. The molecule has 1 unspecified atom stereocenters. The van der Waals surface area contributed by atoms with E-state index in [1.807, 2.05) is 0 Å². The van der Waals surface area contributed by atoms with Crippen molar-refractivity contribution in [1.29, 1.82) is 0 Å². The standard InChI is InChI=1S/C22H30N2O2/c1-19-7-9-21(10-8-19)22(20-5-3-2-4-6-20)24-13-11-23(12-14-24)15-17-26-18-16-25/h2-10,22,25H,11-18H2,1H3. The van der Waals surface area contributed by atoms with Gasteiger partial charge in [-0.1, -0.05) is 60.2 Å². The van der Waals surface area contributed by atoms with E-state index < -0.39 is 0 Å². The van der Waals surface area contributed by atoms with E-state index >= 15 is 0 Å². The zero-order chi connectivity index (χ0) is 18.2. The van der Waals surface area contributed by atoms with Crippen LogP contribution in [0.1, 0.15) is 22.7 Å². The Morgan fingerprint density at radius 2 is 1.54 bits per heavy atom. The van der Waals surface area contributed by atoms with Crippen molar-refractivity contribution in [1.82, 2.24) is 9.80 Å². The molecule has 0 aliphatic carbocycles. The lowest BCUT2D eigenvalue weighted by Crippen LogP contribution is -2.48. The molecule has 0 bridgehead atoms. The van der Waals surface area contributed by atoms with Crippen LogP contribution in [0, 0.1) is 6.92 Å². The van der Waals surface area contributed by atoms with Crippen LogP contribution >= 0.6 is 0 Å². The quantitative estimate of drug-likeness (QED) is 0.740. The Hall–Kier alpha value is -1.72. The van der Waals surface area contributed by atoms with Gasteiger partial charge in [0.2, 0.25) is 0 Å². The Labute approximate surface area is 157 Å². The van der Waals surface area contributed by atoms with E-state index in [-0.39, 0.29) is 6.61 Å². The van der Waals surface area contributed by atoms with Crippen LogP contribution in [0.15, 0.2) is 54.6 Å². The number of aliphatic hydroxyl groups is 1. The topological polar surface area (TPSA) is 35.9 Å². The van der Waals surface area contributed by atoms with Gasteiger partial charge >= 0.3 is 0 Å². The maximum Gasteiger partial charge on any atom is 0.0698 e. The average molecular weight is 354 g/mol. The highest BCUT2D eigenvalue weighted by atomic mass is 16.5. The van der Waals surface area contributed by atoms with Crippen LogP contribution in [-0.4, -0.2) is 67.5 Å². The molecule has 1 atom stereocenters. The number of rotatable bonds is 8. The highest BCUT2D eigenvalue weighted by Crippen LogP contribution is 2.29. The summed E-state index contributed by atoms with van der Waals surface area (Å²) < 4.78 is 5.40. The Kier molecular flexibility index (Phi) is 7.21. The lowest BCUT2D eigenvalue weighted by molar-refractivity contribution is 0.0522. The van der Waals surface area contributed by atoms with Crippen molar-refractivity contribution in [2.24, 2.45) is 0 Å². The number of piperazine rings is 1. The van der Waals surface area contributed by atoms with E-state index in [9.17, 15) is 0 Å². The summed E-state index contributed by atoms with van der Waals surface area (Å²) in [4.78, 5) is 5.04. The van der Waals surface area contributed by atoms with E-state index in [0.717, 1.165) is 32.7 Å². The number of benzene rings is 2. The lowest BCUT2D eigenvalue weighted by atomic mass is 9.95. The van der Waals surface area contributed by atoms with Gasteiger partial charge in [-0.3, -0.25) is 9.80 Å². The van der Waals surface area contributed by atoms with Crippen LogP contribution in [0.25, 0.3) is 0 Å². The number of nitrogens with zero attached hydrogens (tertiary/aromatic N) is 2. The molecule has 1 fully saturated rings. The molecule has 1 aliphatic heterocycles. The number of ether oxygens (including phenoxy) is 1. The zero-order valence-corrected chi connectivity index (χ0v) is 15.7. The summed E-state index contributed by atoms with van der Waals surface area (Å²) in [7, 11) is 0. The SMILES string of the molecule is Cc1ccc(C(c2ccccc2)N2CCN(CCOCCO)CC2)cc1. The number of hydrogen-bond donors (Lipinski definition) is 1. The molecule has 2 aromatic rings. The number of aryl methyl sites for hydroxylation is 1. The van der Waals surface area contributed by atoms with Crippen LogP contribution in [-0.2, 0) is 4.74 Å². The third-order valence-corrected chi connectivity index (χ3v) is 5.07. The van der Waals surface area contributed by atoms with Crippen LogP contribution in [0.4, 0.5) is 0 Å². The summed E-state index contributed by atoms with van der Waals surface area (Å²) in [6.45, 7) is 8.51. The normalized spacial score (nSPS) is 17.3. The van der Waals surface area contributed by atoms with Gasteiger partial charge in [-0.2, -0.15) is 0 Å². The Morgan fingerprint density at radius 1 is 0.885 bits per heavy atom. The summed E-state index contributed by atoms with van der Waals surface area (Å²) >= 11 is 0. The van der Waals surface area contributed by atoms with Crippen LogP contribution < -0.4 is 0 Å². The van der Waals surface area contributed by atoms with Crippen molar-refractivity contribution >= 4 is 0 Å². The van der Waals surface area contributed by atoms with E-state index in [4.69, 9.17) is 9.84 Å². The van der Waals surface area contributed by atoms with Gasteiger partial charge in [0, 0.05) is 32.7 Å². The first kappa shape index (κ1) is 19.1. The second kappa shape index (κ2) is 9.83. The van der Waals surface area contributed by atoms with Gasteiger partial charge < -0.3 is 9.84 Å². The molecule has 26 heavy (non-hydrogen) atoms. The van der Waals surface area contributed by atoms with Crippen molar-refractivity contribution < 1.29 is 9.84 Å². The summed E-state index contributed by atoms with van der Waals surface area (Å²) in [6.07, 6.45) is 0. The molecule has 1 N–H and O–H groups in total. The first-order valence-electron chi connectivity index (χ1n) is 9.54. The highest BCUT2D eigenvalue weighted by Gasteiger charge is 2.26. The number of hydrogen-bond acceptors (Lipinski definition) is 4. The maximum atomic E-state index is 8.79. The first-order chi connectivity index (χ1) is 12.8. The average Bonchev–Trinajstić information content (AvgIpc) is 2.69. The predicted molar refractivity (Wildman–Crippen MR) is 105 cm³/mol. The Balaban J connectivity index is 1.66. The lowest BCUT2D eigenvalue weighted by Gasteiger charge is -2.39. The molecule has 0 saturated carbocycles. The largest absolute Gasteiger partial charge is 0.394 e. The minimum Gasteiger partial charge on any atom is -0.394 e. The molecule has 0 amide bonds. The molecule has 1 aliphatic rings. The van der Waals surface area contributed by atoms with Crippen molar-refractivity contribution in [3.63, 3.8) is 0 Å². The van der Waals surface area contributed by atoms with Gasteiger partial charge in [0.25, 0.3) is 0 Å². The fourth-order valence-corrected chi connectivity index (χ4v) is 3.60. The maximum absolute atomic E-state index is 8.79. The van der Waals surface area contributed by atoms with Crippen molar-refractivity contribution in [3.05, 3.63) is 71.3 Å². The zero-order valence-electron chi connectivity index (χ0n) is 15.7. The molecular formula is C22H30N2O2. The molecule has 0 aromatic heterocycles. The van der Waals surface area contributed by atoms with E-state index in [0.29, 0.717) is 19.3 Å². The second-order valence-corrected chi connectivity index (χ2v) is 6.94. The summed E-state index contributed by atoms with van der Waals surface area (Å²) in [5.41, 5.74) is 4.02.